The first kappa shape index (κ1) is 24.2. The lowest BCUT2D eigenvalue weighted by Crippen LogP contribution is -2.13. The van der Waals surface area contributed by atoms with Gasteiger partial charge in [-0.05, 0) is 79.5 Å². The molecule has 0 atom stereocenters. The minimum atomic E-state index is -2.89. The van der Waals surface area contributed by atoms with Gasteiger partial charge in [0.1, 0.15) is 11.5 Å². The van der Waals surface area contributed by atoms with E-state index in [2.05, 4.69) is 23.8 Å². The van der Waals surface area contributed by atoms with Crippen LogP contribution in [-0.2, 0) is 0 Å². The Morgan fingerprint density at radius 3 is 2.12 bits per heavy atom. The molecule has 0 heterocycles. The van der Waals surface area contributed by atoms with Gasteiger partial charge < -0.3 is 9.47 Å². The zero-order chi connectivity index (χ0) is 22.8. The third-order valence-electron chi connectivity index (χ3n) is 6.44. The molecule has 0 saturated heterocycles. The molecule has 0 radical (unpaired) electrons. The van der Waals surface area contributed by atoms with E-state index in [9.17, 15) is 13.6 Å². The predicted molar refractivity (Wildman–Crippen MR) is 123 cm³/mol. The minimum absolute atomic E-state index is 0.00659. The molecule has 3 nitrogen and oxygen atoms in total. The number of benzene rings is 2. The van der Waals surface area contributed by atoms with Crippen molar-refractivity contribution >= 4 is 5.97 Å². The lowest BCUT2D eigenvalue weighted by molar-refractivity contribution is -0.0498. The van der Waals surface area contributed by atoms with E-state index in [0.717, 1.165) is 5.92 Å². The van der Waals surface area contributed by atoms with Crippen LogP contribution in [0.25, 0.3) is 0 Å². The Kier molecular flexibility index (Phi) is 9.51. The van der Waals surface area contributed by atoms with Gasteiger partial charge in [-0.15, -0.1) is 0 Å². The first-order valence-corrected chi connectivity index (χ1v) is 11.9. The summed E-state index contributed by atoms with van der Waals surface area (Å²) in [4.78, 5) is 12.3. The molecule has 0 aromatic heterocycles. The number of halogens is 2. The Bertz CT molecular complexity index is 810. The maximum atomic E-state index is 12.3. The van der Waals surface area contributed by atoms with Gasteiger partial charge in [0, 0.05) is 0 Å². The first-order valence-electron chi connectivity index (χ1n) is 11.9. The third kappa shape index (κ3) is 7.61. The van der Waals surface area contributed by atoms with Crippen LogP contribution in [0.3, 0.4) is 0 Å². The molecular weight excluding hydrogens is 410 g/mol. The van der Waals surface area contributed by atoms with Crippen LogP contribution >= 0.6 is 0 Å². The summed E-state index contributed by atoms with van der Waals surface area (Å²) >= 11 is 0. The van der Waals surface area contributed by atoms with Crippen molar-refractivity contribution in [1.29, 1.82) is 0 Å². The van der Waals surface area contributed by atoms with Crippen molar-refractivity contribution in [1.82, 2.24) is 0 Å². The van der Waals surface area contributed by atoms with Crippen molar-refractivity contribution in [3.8, 4) is 11.5 Å². The zero-order valence-electron chi connectivity index (χ0n) is 18.9. The topological polar surface area (TPSA) is 35.5 Å². The van der Waals surface area contributed by atoms with E-state index >= 15 is 0 Å². The summed E-state index contributed by atoms with van der Waals surface area (Å²) in [5.74, 6) is 1.42. The van der Waals surface area contributed by atoms with Crippen LogP contribution in [-0.4, -0.2) is 12.6 Å². The second-order valence-corrected chi connectivity index (χ2v) is 8.78. The highest BCUT2D eigenvalue weighted by Crippen LogP contribution is 2.38. The molecule has 1 saturated carbocycles. The normalized spacial score (nSPS) is 18.5. The van der Waals surface area contributed by atoms with E-state index in [-0.39, 0.29) is 11.3 Å². The van der Waals surface area contributed by atoms with Crippen LogP contribution in [0.1, 0.15) is 93.0 Å². The highest BCUT2D eigenvalue weighted by molar-refractivity contribution is 5.91. The molecule has 2 aromatic carbocycles. The van der Waals surface area contributed by atoms with Crippen LogP contribution in [0.5, 0.6) is 11.5 Å². The molecule has 2 aromatic rings. The molecule has 1 aliphatic carbocycles. The fraction of sp³-hybridized carbons (Fsp3) is 0.519. The summed E-state index contributed by atoms with van der Waals surface area (Å²) in [5, 5.41) is 0. The Labute approximate surface area is 190 Å². The third-order valence-corrected chi connectivity index (χ3v) is 6.44. The number of ether oxygens (including phenoxy) is 2. The van der Waals surface area contributed by atoms with Crippen LogP contribution in [0, 0.1) is 5.92 Å². The first-order chi connectivity index (χ1) is 15.5. The standard InChI is InChI=1S/C27H34F2O3/c1-2-3-4-5-6-7-20-8-10-21(11-9-20)22-12-16-24(17-13-22)31-26(30)23-14-18-25(19-15-23)32-27(28)29/h12-21,27H,2-11H2,1H3. The number of unbranched alkanes of at least 4 members (excludes halogenated alkanes) is 4. The largest absolute Gasteiger partial charge is 0.435 e. The van der Waals surface area contributed by atoms with Crippen molar-refractivity contribution in [2.75, 3.05) is 0 Å². The average molecular weight is 445 g/mol. The monoisotopic (exact) mass is 444 g/mol. The van der Waals surface area contributed by atoms with Crippen molar-refractivity contribution < 1.29 is 23.0 Å². The number of alkyl halides is 2. The number of carbonyl (C=O) groups excluding carboxylic acids is 1. The summed E-state index contributed by atoms with van der Waals surface area (Å²) in [6, 6.07) is 13.3. The SMILES string of the molecule is CCCCCCCC1CCC(c2ccc(OC(=O)c3ccc(OC(F)F)cc3)cc2)CC1. The molecule has 0 unspecified atom stereocenters. The fourth-order valence-electron chi connectivity index (χ4n) is 4.57. The Hall–Kier alpha value is -2.43. The predicted octanol–water partition coefficient (Wildman–Crippen LogP) is 8.14. The van der Waals surface area contributed by atoms with E-state index in [1.165, 1.54) is 94.0 Å². The van der Waals surface area contributed by atoms with Crippen molar-refractivity contribution in [2.45, 2.75) is 83.7 Å². The Morgan fingerprint density at radius 2 is 1.50 bits per heavy atom. The van der Waals surface area contributed by atoms with E-state index < -0.39 is 12.6 Å². The van der Waals surface area contributed by atoms with E-state index in [1.54, 1.807) is 0 Å². The van der Waals surface area contributed by atoms with Crippen LogP contribution < -0.4 is 9.47 Å². The number of esters is 1. The van der Waals surface area contributed by atoms with Gasteiger partial charge in [0.2, 0.25) is 0 Å². The minimum Gasteiger partial charge on any atom is -0.435 e. The van der Waals surface area contributed by atoms with Gasteiger partial charge in [-0.3, -0.25) is 0 Å². The van der Waals surface area contributed by atoms with Gasteiger partial charge in [0.25, 0.3) is 0 Å². The summed E-state index contributed by atoms with van der Waals surface area (Å²) in [6.07, 6.45) is 13.2. The van der Waals surface area contributed by atoms with Crippen LogP contribution in [0.15, 0.2) is 48.5 Å². The number of hydrogen-bond acceptors (Lipinski definition) is 3. The lowest BCUT2D eigenvalue weighted by atomic mass is 9.77. The molecule has 0 N–H and O–H groups in total. The van der Waals surface area contributed by atoms with Gasteiger partial charge in [0.15, 0.2) is 0 Å². The molecule has 0 aliphatic heterocycles. The molecule has 0 bridgehead atoms. The Balaban J connectivity index is 1.43. The van der Waals surface area contributed by atoms with Crippen molar-refractivity contribution in [3.63, 3.8) is 0 Å². The number of rotatable bonds is 11. The molecule has 3 rings (SSSR count). The molecule has 0 amide bonds. The second kappa shape index (κ2) is 12.6. The highest BCUT2D eigenvalue weighted by atomic mass is 19.3. The molecule has 5 heteroatoms. The van der Waals surface area contributed by atoms with Crippen molar-refractivity contribution in [3.05, 3.63) is 59.7 Å². The van der Waals surface area contributed by atoms with Crippen LogP contribution in [0.4, 0.5) is 8.78 Å². The lowest BCUT2D eigenvalue weighted by Gasteiger charge is -2.29. The van der Waals surface area contributed by atoms with Gasteiger partial charge in [-0.25, -0.2) is 4.79 Å². The molecular formula is C27H34F2O3. The van der Waals surface area contributed by atoms with Crippen molar-refractivity contribution in [2.24, 2.45) is 5.92 Å². The fourth-order valence-corrected chi connectivity index (χ4v) is 4.57. The zero-order valence-corrected chi connectivity index (χ0v) is 18.9. The number of carbonyl (C=O) groups is 1. The van der Waals surface area contributed by atoms with Gasteiger partial charge in [0.05, 0.1) is 5.56 Å². The van der Waals surface area contributed by atoms with Gasteiger partial charge in [-0.1, -0.05) is 57.6 Å². The van der Waals surface area contributed by atoms with Gasteiger partial charge >= 0.3 is 12.6 Å². The smallest absolute Gasteiger partial charge is 0.387 e. The molecule has 1 fully saturated rings. The molecule has 174 valence electrons. The van der Waals surface area contributed by atoms with E-state index in [0.29, 0.717) is 11.7 Å². The maximum absolute atomic E-state index is 12.3. The highest BCUT2D eigenvalue weighted by Gasteiger charge is 2.22. The maximum Gasteiger partial charge on any atom is 0.387 e. The summed E-state index contributed by atoms with van der Waals surface area (Å²) in [5.41, 5.74) is 1.59. The van der Waals surface area contributed by atoms with Crippen LogP contribution in [0.2, 0.25) is 0 Å². The average Bonchev–Trinajstić information content (AvgIpc) is 2.80. The quantitative estimate of drug-likeness (QED) is 0.199. The van der Waals surface area contributed by atoms with E-state index in [4.69, 9.17) is 4.74 Å². The molecule has 0 spiro atoms. The molecule has 1 aliphatic rings. The summed E-state index contributed by atoms with van der Waals surface area (Å²) in [7, 11) is 0. The Morgan fingerprint density at radius 1 is 0.875 bits per heavy atom. The molecule has 32 heavy (non-hydrogen) atoms. The summed E-state index contributed by atoms with van der Waals surface area (Å²) < 4.78 is 34.2. The summed E-state index contributed by atoms with van der Waals surface area (Å²) in [6.45, 7) is -0.635. The van der Waals surface area contributed by atoms with E-state index in [1.807, 2.05) is 12.1 Å². The van der Waals surface area contributed by atoms with Gasteiger partial charge in [-0.2, -0.15) is 8.78 Å². The second-order valence-electron chi connectivity index (χ2n) is 8.78. The number of hydrogen-bond donors (Lipinski definition) is 0.